The van der Waals surface area contributed by atoms with E-state index >= 15 is 0 Å². The second-order valence-corrected chi connectivity index (χ2v) is 10.1. The number of hydrogen-bond acceptors (Lipinski definition) is 6. The van der Waals surface area contributed by atoms with E-state index < -0.39 is 39.1 Å². The fourth-order valence-corrected chi connectivity index (χ4v) is 6.47. The fourth-order valence-electron chi connectivity index (χ4n) is 1.80. The molecule has 0 spiro atoms. The van der Waals surface area contributed by atoms with E-state index in [0.29, 0.717) is 10.5 Å². The van der Waals surface area contributed by atoms with Gasteiger partial charge in [0.2, 0.25) is 0 Å². The lowest BCUT2D eigenvalue weighted by atomic mass is 10.2. The van der Waals surface area contributed by atoms with E-state index in [1.807, 2.05) is 0 Å². The quantitative estimate of drug-likeness (QED) is 0.464. The molecule has 1 aromatic rings. The van der Waals surface area contributed by atoms with Gasteiger partial charge >= 0.3 is 15.6 Å². The topological polar surface area (TPSA) is 83.8 Å². The third-order valence-electron chi connectivity index (χ3n) is 2.81. The Bertz CT molecular complexity index is 595. The number of aliphatic hydroxyl groups is 2. The van der Waals surface area contributed by atoms with Gasteiger partial charge in [0.05, 0.1) is 13.2 Å². The van der Waals surface area contributed by atoms with Crippen LogP contribution in [-0.4, -0.2) is 48.9 Å². The normalized spacial score (nSPS) is 14.0. The number of rotatable bonds is 8. The first kappa shape index (κ1) is 20.6. The van der Waals surface area contributed by atoms with Gasteiger partial charge in [-0.1, -0.05) is 12.1 Å². The summed E-state index contributed by atoms with van der Waals surface area (Å²) >= 11 is 4.08. The maximum atomic E-state index is 12.6. The zero-order chi connectivity index (χ0) is 17.7. The maximum Gasteiger partial charge on any atom is 0.523 e. The molecule has 2 N–H and O–H groups in total. The molecule has 0 saturated heterocycles. The van der Waals surface area contributed by atoms with Gasteiger partial charge in [0, 0.05) is 22.2 Å². The lowest BCUT2D eigenvalue weighted by Crippen LogP contribution is -2.30. The van der Waals surface area contributed by atoms with E-state index in [4.69, 9.17) is 10.2 Å². The van der Waals surface area contributed by atoms with Crippen LogP contribution in [0.1, 0.15) is 5.56 Å². The highest BCUT2D eigenvalue weighted by atomic mass is 32.3. The number of aliphatic hydroxyl groups excluding tert-OH is 2. The van der Waals surface area contributed by atoms with E-state index in [9.17, 15) is 21.6 Å². The first-order chi connectivity index (χ1) is 10.6. The molecule has 134 valence electrons. The van der Waals surface area contributed by atoms with Crippen LogP contribution in [0.3, 0.4) is 0 Å². The number of alkyl halides is 3. The van der Waals surface area contributed by atoms with Gasteiger partial charge in [0.25, 0.3) is 0 Å². The van der Waals surface area contributed by atoms with Gasteiger partial charge in [0.15, 0.2) is 0 Å². The summed E-state index contributed by atoms with van der Waals surface area (Å²) in [4.78, 5) is 0.627. The number of hydrogen-bond donors (Lipinski definition) is 3. The van der Waals surface area contributed by atoms with E-state index in [0.717, 1.165) is 0 Å². The van der Waals surface area contributed by atoms with Crippen molar-refractivity contribution < 1.29 is 35.4 Å². The number of thiol groups is 1. The van der Waals surface area contributed by atoms with Crippen LogP contribution >= 0.6 is 22.9 Å². The summed E-state index contributed by atoms with van der Waals surface area (Å²) in [6, 6.07) is 6.34. The third kappa shape index (κ3) is 5.84. The largest absolute Gasteiger partial charge is 0.523 e. The lowest BCUT2D eigenvalue weighted by Gasteiger charge is -2.37. The highest BCUT2D eigenvalue weighted by molar-refractivity contribution is 8.32. The highest BCUT2D eigenvalue weighted by Crippen LogP contribution is 2.54. The van der Waals surface area contributed by atoms with E-state index in [2.05, 4.69) is 16.3 Å². The fraction of sp³-hybridized carbons (Fsp3) is 0.500. The minimum absolute atomic E-state index is 0.141. The molecule has 0 atom stereocenters. The van der Waals surface area contributed by atoms with Gasteiger partial charge in [-0.3, -0.25) is 0 Å². The van der Waals surface area contributed by atoms with Crippen LogP contribution < -0.4 is 0 Å². The molecule has 0 unspecified atom stereocenters. The van der Waals surface area contributed by atoms with Crippen molar-refractivity contribution in [3.05, 3.63) is 29.8 Å². The summed E-state index contributed by atoms with van der Waals surface area (Å²) in [6.07, 6.45) is 0. The Morgan fingerprint density at radius 2 is 1.52 bits per heavy atom. The Balaban J connectivity index is 3.18. The zero-order valence-corrected chi connectivity index (χ0v) is 14.4. The first-order valence-corrected chi connectivity index (χ1v) is 10.3. The molecular formula is C12H17F3O5S3. The molecule has 0 aliphatic carbocycles. The summed E-state index contributed by atoms with van der Waals surface area (Å²) in [7, 11) is -8.76. The smallest absolute Gasteiger partial charge is 0.395 e. The average Bonchev–Trinajstić information content (AvgIpc) is 2.40. The molecule has 0 aromatic heterocycles. The van der Waals surface area contributed by atoms with Crippen molar-refractivity contribution in [1.82, 2.24) is 0 Å². The zero-order valence-electron chi connectivity index (χ0n) is 11.9. The Morgan fingerprint density at radius 3 is 1.91 bits per heavy atom. The maximum absolute atomic E-state index is 12.6. The molecule has 0 radical (unpaired) electrons. The predicted octanol–water partition coefficient (Wildman–Crippen LogP) is 2.05. The standard InChI is InChI=1S/C12H17F3O5S3/c13-12(14,15)23(18,19)20-22(7-5-16,8-6-17)9-10-1-3-11(21)4-2-10/h1-4,16-17,21H,5-9H2. The molecule has 0 fully saturated rings. The van der Waals surface area contributed by atoms with Gasteiger partial charge in [-0.15, -0.1) is 22.9 Å². The summed E-state index contributed by atoms with van der Waals surface area (Å²) in [6.45, 7) is -1.12. The molecule has 1 aromatic carbocycles. The van der Waals surface area contributed by atoms with Crippen LogP contribution in [0.25, 0.3) is 0 Å². The summed E-state index contributed by atoms with van der Waals surface area (Å²) in [5.74, 6) is -0.742. The van der Waals surface area contributed by atoms with Crippen LogP contribution in [-0.2, 0) is 19.5 Å². The number of halogens is 3. The molecule has 0 aliphatic rings. The van der Waals surface area contributed by atoms with Gasteiger partial charge in [-0.2, -0.15) is 21.6 Å². The van der Waals surface area contributed by atoms with Gasteiger partial charge in [0.1, 0.15) is 0 Å². The molecule has 23 heavy (non-hydrogen) atoms. The van der Waals surface area contributed by atoms with Crippen molar-refractivity contribution in [3.8, 4) is 0 Å². The molecule has 0 amide bonds. The Hall–Kier alpha value is -0.460. The second kappa shape index (κ2) is 8.08. The minimum Gasteiger partial charge on any atom is -0.395 e. The molecule has 5 nitrogen and oxygen atoms in total. The molecule has 1 rings (SSSR count). The van der Waals surface area contributed by atoms with Gasteiger partial charge < -0.3 is 10.2 Å². The average molecular weight is 394 g/mol. The van der Waals surface area contributed by atoms with Crippen molar-refractivity contribution in [2.45, 2.75) is 16.2 Å². The summed E-state index contributed by atoms with van der Waals surface area (Å²) < 4.78 is 65.0. The Morgan fingerprint density at radius 1 is 1.04 bits per heavy atom. The summed E-state index contributed by atoms with van der Waals surface area (Å²) in [5, 5.41) is 18.2. The van der Waals surface area contributed by atoms with Crippen LogP contribution in [0.5, 0.6) is 0 Å². The first-order valence-electron chi connectivity index (χ1n) is 6.33. The van der Waals surface area contributed by atoms with Crippen molar-refractivity contribution in [2.24, 2.45) is 0 Å². The predicted molar refractivity (Wildman–Crippen MR) is 85.0 cm³/mol. The van der Waals surface area contributed by atoms with Crippen LogP contribution in [0.2, 0.25) is 0 Å². The van der Waals surface area contributed by atoms with E-state index in [1.165, 1.54) is 0 Å². The second-order valence-electron chi connectivity index (χ2n) is 4.60. The molecular weight excluding hydrogens is 377 g/mol. The van der Waals surface area contributed by atoms with Crippen molar-refractivity contribution in [1.29, 1.82) is 0 Å². The minimum atomic E-state index is -5.83. The molecule has 0 bridgehead atoms. The van der Waals surface area contributed by atoms with Crippen molar-refractivity contribution in [2.75, 3.05) is 24.7 Å². The molecule has 11 heteroatoms. The Kier molecular flexibility index (Phi) is 7.23. The monoisotopic (exact) mass is 394 g/mol. The van der Waals surface area contributed by atoms with Crippen LogP contribution in [0.4, 0.5) is 13.2 Å². The number of benzene rings is 1. The van der Waals surface area contributed by atoms with E-state index in [-0.39, 0.29) is 17.3 Å². The lowest BCUT2D eigenvalue weighted by molar-refractivity contribution is -0.0496. The van der Waals surface area contributed by atoms with Gasteiger partial charge in [-0.25, -0.2) is 3.63 Å². The SMILES string of the molecule is O=S(=O)(OS(CCO)(CCO)Cc1ccc(S)cc1)C(F)(F)F. The van der Waals surface area contributed by atoms with Gasteiger partial charge in [-0.05, 0) is 17.7 Å². The summed E-state index contributed by atoms with van der Waals surface area (Å²) in [5.41, 5.74) is -5.04. The Labute approximate surface area is 139 Å². The van der Waals surface area contributed by atoms with E-state index in [1.54, 1.807) is 24.3 Å². The third-order valence-corrected chi connectivity index (χ3v) is 8.26. The molecule has 0 heterocycles. The van der Waals surface area contributed by atoms with Crippen molar-refractivity contribution in [3.63, 3.8) is 0 Å². The molecule has 0 aliphatic heterocycles. The molecule has 0 saturated carbocycles. The van der Waals surface area contributed by atoms with Crippen molar-refractivity contribution >= 4 is 33.1 Å². The highest BCUT2D eigenvalue weighted by Gasteiger charge is 2.50. The van der Waals surface area contributed by atoms with Crippen LogP contribution in [0, 0.1) is 0 Å². The van der Waals surface area contributed by atoms with Crippen LogP contribution in [0.15, 0.2) is 29.2 Å².